The molecule has 2 fully saturated rings. The zero-order chi connectivity index (χ0) is 14.1. The van der Waals surface area contributed by atoms with Crippen LogP contribution in [0.1, 0.15) is 38.2 Å². The summed E-state index contributed by atoms with van der Waals surface area (Å²) in [6.45, 7) is 4.45. The Balaban J connectivity index is 1.84. The Morgan fingerprint density at radius 3 is 2.30 bits per heavy atom. The number of anilines is 1. The molecule has 0 bridgehead atoms. The number of benzene rings is 1. The molecule has 2 aliphatic rings. The quantitative estimate of drug-likeness (QED) is 0.827. The van der Waals surface area contributed by atoms with Crippen LogP contribution in [0, 0.1) is 11.8 Å². The Hall–Kier alpha value is -0.730. The van der Waals surface area contributed by atoms with Crippen LogP contribution in [0.5, 0.6) is 0 Å². The Kier molecular flexibility index (Phi) is 4.23. The lowest BCUT2D eigenvalue weighted by molar-refractivity contribution is 0.669. The molecule has 2 saturated carbocycles. The summed E-state index contributed by atoms with van der Waals surface area (Å²) in [6, 6.07) is 6.45. The van der Waals surface area contributed by atoms with Gasteiger partial charge in [-0.1, -0.05) is 17.7 Å². The lowest BCUT2D eigenvalue weighted by Crippen LogP contribution is -2.30. The lowest BCUT2D eigenvalue weighted by atomic mass is 10.0. The first-order valence-electron chi connectivity index (χ1n) is 7.91. The average molecular weight is 293 g/mol. The van der Waals surface area contributed by atoms with E-state index in [0.29, 0.717) is 0 Å². The molecule has 1 unspecified atom stereocenters. The van der Waals surface area contributed by atoms with Crippen LogP contribution in [0.15, 0.2) is 18.2 Å². The number of hydrogen-bond donors (Lipinski definition) is 1. The number of halogens is 1. The van der Waals surface area contributed by atoms with Crippen LogP contribution in [0.2, 0.25) is 5.02 Å². The fourth-order valence-electron chi connectivity index (χ4n) is 2.86. The molecule has 3 rings (SSSR count). The Morgan fingerprint density at radius 1 is 1.20 bits per heavy atom. The van der Waals surface area contributed by atoms with E-state index in [9.17, 15) is 0 Å². The fourth-order valence-corrected chi connectivity index (χ4v) is 3.11. The van der Waals surface area contributed by atoms with Gasteiger partial charge in [0.15, 0.2) is 0 Å². The van der Waals surface area contributed by atoms with Crippen LogP contribution < -0.4 is 10.6 Å². The van der Waals surface area contributed by atoms with Gasteiger partial charge in [0.25, 0.3) is 0 Å². The van der Waals surface area contributed by atoms with Gasteiger partial charge in [-0.25, -0.2) is 0 Å². The first kappa shape index (κ1) is 14.2. The summed E-state index contributed by atoms with van der Waals surface area (Å²) < 4.78 is 0. The molecule has 0 spiro atoms. The molecule has 0 aliphatic heterocycles. The Morgan fingerprint density at radius 2 is 1.80 bits per heavy atom. The molecule has 2 aliphatic carbocycles. The molecule has 0 amide bonds. The Bertz CT molecular complexity index is 450. The zero-order valence-electron chi connectivity index (χ0n) is 12.3. The summed E-state index contributed by atoms with van der Waals surface area (Å²) in [5.74, 6) is 1.80. The Labute approximate surface area is 127 Å². The molecular formula is C17H25ClN2. The SMILES string of the molecule is CC(N)Cc1c(Cl)cccc1N(CC1CC1)CC1CC1. The van der Waals surface area contributed by atoms with E-state index < -0.39 is 0 Å². The predicted molar refractivity (Wildman–Crippen MR) is 86.5 cm³/mol. The molecular weight excluding hydrogens is 268 g/mol. The van der Waals surface area contributed by atoms with E-state index in [-0.39, 0.29) is 6.04 Å². The van der Waals surface area contributed by atoms with E-state index in [2.05, 4.69) is 24.0 Å². The van der Waals surface area contributed by atoms with Crippen molar-refractivity contribution in [3.63, 3.8) is 0 Å². The van der Waals surface area contributed by atoms with E-state index >= 15 is 0 Å². The van der Waals surface area contributed by atoms with Crippen molar-refractivity contribution in [1.29, 1.82) is 0 Å². The summed E-state index contributed by atoms with van der Waals surface area (Å²) in [5, 5.41) is 0.872. The van der Waals surface area contributed by atoms with E-state index in [1.54, 1.807) is 0 Å². The molecule has 20 heavy (non-hydrogen) atoms. The highest BCUT2D eigenvalue weighted by Crippen LogP contribution is 2.38. The van der Waals surface area contributed by atoms with Gasteiger partial charge in [0, 0.05) is 29.8 Å². The van der Waals surface area contributed by atoms with Crippen molar-refractivity contribution >= 4 is 17.3 Å². The third-order valence-electron chi connectivity index (χ3n) is 4.31. The maximum absolute atomic E-state index is 6.44. The number of hydrogen-bond acceptors (Lipinski definition) is 2. The minimum Gasteiger partial charge on any atom is -0.371 e. The second-order valence-corrected chi connectivity index (χ2v) is 7.12. The topological polar surface area (TPSA) is 29.3 Å². The van der Waals surface area contributed by atoms with Gasteiger partial charge in [0.05, 0.1) is 0 Å². The van der Waals surface area contributed by atoms with Crippen molar-refractivity contribution in [3.8, 4) is 0 Å². The molecule has 0 saturated heterocycles. The summed E-state index contributed by atoms with van der Waals surface area (Å²) in [6.07, 6.45) is 6.43. The second kappa shape index (κ2) is 5.95. The van der Waals surface area contributed by atoms with Gasteiger partial charge in [-0.15, -0.1) is 0 Å². The monoisotopic (exact) mass is 292 g/mol. The van der Waals surface area contributed by atoms with Crippen LogP contribution in [0.4, 0.5) is 5.69 Å². The summed E-state index contributed by atoms with van der Waals surface area (Å²) in [4.78, 5) is 2.58. The van der Waals surface area contributed by atoms with Crippen molar-refractivity contribution in [3.05, 3.63) is 28.8 Å². The highest BCUT2D eigenvalue weighted by Gasteiger charge is 2.30. The van der Waals surface area contributed by atoms with E-state index in [1.165, 1.54) is 50.0 Å². The molecule has 2 nitrogen and oxygen atoms in total. The molecule has 0 aromatic heterocycles. The van der Waals surface area contributed by atoms with Crippen molar-refractivity contribution in [2.45, 2.75) is 45.1 Å². The fraction of sp³-hybridized carbons (Fsp3) is 0.647. The third kappa shape index (κ3) is 3.67. The zero-order valence-corrected chi connectivity index (χ0v) is 13.1. The smallest absolute Gasteiger partial charge is 0.0459 e. The van der Waals surface area contributed by atoms with E-state index in [4.69, 9.17) is 17.3 Å². The largest absolute Gasteiger partial charge is 0.371 e. The van der Waals surface area contributed by atoms with Gasteiger partial charge in [-0.05, 0) is 68.6 Å². The van der Waals surface area contributed by atoms with Crippen molar-refractivity contribution in [1.82, 2.24) is 0 Å². The summed E-state index contributed by atoms with van der Waals surface area (Å²) >= 11 is 6.44. The number of nitrogens with zero attached hydrogens (tertiary/aromatic N) is 1. The molecule has 3 heteroatoms. The number of rotatable bonds is 7. The normalized spacial score (nSPS) is 19.9. The van der Waals surface area contributed by atoms with Crippen molar-refractivity contribution in [2.75, 3.05) is 18.0 Å². The second-order valence-electron chi connectivity index (χ2n) is 6.71. The molecule has 1 aromatic carbocycles. The number of nitrogens with two attached hydrogens (primary N) is 1. The molecule has 0 heterocycles. The molecule has 0 radical (unpaired) electrons. The predicted octanol–water partition coefficient (Wildman–Crippen LogP) is 3.86. The van der Waals surface area contributed by atoms with Crippen molar-refractivity contribution in [2.24, 2.45) is 17.6 Å². The summed E-state index contributed by atoms with van der Waals surface area (Å²) in [5.41, 5.74) is 8.58. The van der Waals surface area contributed by atoms with Gasteiger partial charge in [-0.3, -0.25) is 0 Å². The first-order chi connectivity index (χ1) is 9.63. The van der Waals surface area contributed by atoms with Crippen LogP contribution in [-0.2, 0) is 6.42 Å². The maximum Gasteiger partial charge on any atom is 0.0459 e. The minimum atomic E-state index is 0.150. The van der Waals surface area contributed by atoms with Gasteiger partial charge in [0.2, 0.25) is 0 Å². The van der Waals surface area contributed by atoms with Gasteiger partial charge >= 0.3 is 0 Å². The highest BCUT2D eigenvalue weighted by atomic mass is 35.5. The standard InChI is InChI=1S/C17H25ClN2/c1-12(19)9-15-16(18)3-2-4-17(15)20(10-13-5-6-13)11-14-7-8-14/h2-4,12-14H,5-11,19H2,1H3. The van der Waals surface area contributed by atoms with Gasteiger partial charge in [0.1, 0.15) is 0 Å². The van der Waals surface area contributed by atoms with Crippen molar-refractivity contribution < 1.29 is 0 Å². The van der Waals surface area contributed by atoms with E-state index in [1.807, 2.05) is 6.07 Å². The maximum atomic E-state index is 6.44. The molecule has 110 valence electrons. The minimum absolute atomic E-state index is 0.150. The molecule has 1 atom stereocenters. The van der Waals surface area contributed by atoms with Gasteiger partial charge < -0.3 is 10.6 Å². The first-order valence-corrected chi connectivity index (χ1v) is 8.29. The van der Waals surface area contributed by atoms with Crippen LogP contribution in [-0.4, -0.2) is 19.1 Å². The third-order valence-corrected chi connectivity index (χ3v) is 4.67. The lowest BCUT2D eigenvalue weighted by Gasteiger charge is -2.28. The average Bonchev–Trinajstić information content (AvgIpc) is 3.25. The summed E-state index contributed by atoms with van der Waals surface area (Å²) in [7, 11) is 0. The van der Waals surface area contributed by atoms with Crippen LogP contribution >= 0.6 is 11.6 Å². The molecule has 1 aromatic rings. The van der Waals surface area contributed by atoms with Crippen LogP contribution in [0.25, 0.3) is 0 Å². The van der Waals surface area contributed by atoms with Crippen LogP contribution in [0.3, 0.4) is 0 Å². The van der Waals surface area contributed by atoms with E-state index in [0.717, 1.165) is 23.3 Å². The highest BCUT2D eigenvalue weighted by molar-refractivity contribution is 6.31. The van der Waals surface area contributed by atoms with Gasteiger partial charge in [-0.2, -0.15) is 0 Å². The molecule has 2 N–H and O–H groups in total.